The van der Waals surface area contributed by atoms with Gasteiger partial charge in [-0.3, -0.25) is 0 Å². The molecule has 0 aliphatic carbocycles. The van der Waals surface area contributed by atoms with E-state index < -0.39 is 31.7 Å². The van der Waals surface area contributed by atoms with Crippen molar-refractivity contribution in [2.45, 2.75) is 24.6 Å². The molecule has 2 heterocycles. The van der Waals surface area contributed by atoms with Gasteiger partial charge in [0.2, 0.25) is 0 Å². The smallest absolute Gasteiger partial charge is 0.133 e. The molecular weight excluding hydrogens is 959 g/mol. The van der Waals surface area contributed by atoms with Crippen molar-refractivity contribution in [3.63, 3.8) is 0 Å². The molecule has 2 aliphatic heterocycles. The fourth-order valence-corrected chi connectivity index (χ4v) is 22.0. The van der Waals surface area contributed by atoms with Crippen LogP contribution in [0.3, 0.4) is 0 Å². The largest absolute Gasteiger partial charge is 0.307 e. The molecule has 0 amide bonds. The van der Waals surface area contributed by atoms with Crippen LogP contribution < -0.4 is 19.6 Å². The van der Waals surface area contributed by atoms with Gasteiger partial charge in [-0.2, -0.15) is 0 Å². The quantitative estimate of drug-likeness (QED) is 0.0893. The van der Waals surface area contributed by atoms with Gasteiger partial charge in [-0.15, -0.1) is 0 Å². The number of hydrogen-bond acceptors (Lipinski definition) is 4. The molecule has 0 radical (unpaired) electrons. The Morgan fingerprint density at radius 1 is 0.217 bits per heavy atom. The molecule has 8 aromatic rings. The number of hydrogen-bond donors (Lipinski definition) is 0. The van der Waals surface area contributed by atoms with Gasteiger partial charge in [0.1, 0.15) is 50.3 Å². The summed E-state index contributed by atoms with van der Waals surface area (Å²) >= 11 is 0. The maximum absolute atomic E-state index is 2.73. The van der Waals surface area contributed by atoms with E-state index in [1.165, 1.54) is 120 Å². The molecule has 69 heavy (non-hydrogen) atoms. The minimum atomic E-state index is -0.677. The predicted molar refractivity (Wildman–Crippen MR) is 308 cm³/mol. The Morgan fingerprint density at radius 3 is 0.522 bits per heavy atom. The molecule has 0 spiro atoms. The molecule has 0 saturated carbocycles. The van der Waals surface area contributed by atoms with Gasteiger partial charge in [0.15, 0.2) is 0 Å². The molecular formula is C60H68N4NiP4+4. The normalized spacial score (nSPS) is 18.6. The van der Waals surface area contributed by atoms with Crippen molar-refractivity contribution in [1.82, 2.24) is 0 Å². The van der Waals surface area contributed by atoms with Crippen LogP contribution in [-0.4, -0.2) is 50.3 Å². The van der Waals surface area contributed by atoms with E-state index in [-0.39, 0.29) is 16.5 Å². The molecule has 9 heteroatoms. The fourth-order valence-electron chi connectivity index (χ4n) is 9.85. The molecule has 2 fully saturated rings. The van der Waals surface area contributed by atoms with Crippen LogP contribution in [0.5, 0.6) is 0 Å². The van der Waals surface area contributed by atoms with E-state index in [9.17, 15) is 0 Å². The van der Waals surface area contributed by atoms with Gasteiger partial charge in [-0.25, -0.2) is 0 Å². The molecule has 354 valence electrons. The van der Waals surface area contributed by atoms with Crippen molar-refractivity contribution in [3.8, 4) is 0 Å². The van der Waals surface area contributed by atoms with Gasteiger partial charge in [0.25, 0.3) is 0 Å². The van der Waals surface area contributed by atoms with E-state index in [2.05, 4.69) is 262 Å². The minimum Gasteiger partial charge on any atom is -0.307 e. The Bertz CT molecular complexity index is 2230. The Morgan fingerprint density at radius 2 is 0.362 bits per heavy atom. The van der Waals surface area contributed by atoms with Gasteiger partial charge in [0, 0.05) is 70.9 Å². The second kappa shape index (κ2) is 27.0. The summed E-state index contributed by atoms with van der Waals surface area (Å²) in [6.45, 7) is 0. The Hall–Kier alpha value is -4.83. The summed E-state index contributed by atoms with van der Waals surface area (Å²) in [5, 5.41) is 0. The van der Waals surface area contributed by atoms with Crippen LogP contribution >= 0.6 is 31.7 Å². The van der Waals surface area contributed by atoms with E-state index >= 15 is 0 Å². The number of para-hydroxylation sites is 4. The Balaban J connectivity index is 0.000000183. The van der Waals surface area contributed by atoms with Crippen molar-refractivity contribution in [2.24, 2.45) is 0 Å². The fraction of sp³-hybridized carbons (Fsp3) is 0.200. The number of rotatable bonds is 12. The monoisotopic (exact) mass is 1030 g/mol. The van der Waals surface area contributed by atoms with Crippen LogP contribution in [-0.2, 0) is 41.1 Å². The summed E-state index contributed by atoms with van der Waals surface area (Å²) in [4.78, 5) is 10.9. The first-order valence-electron chi connectivity index (χ1n) is 24.4. The van der Waals surface area contributed by atoms with Crippen molar-refractivity contribution in [2.75, 3.05) is 69.9 Å². The molecule has 2 saturated heterocycles. The third-order valence-corrected chi connectivity index (χ3v) is 23.3. The van der Waals surface area contributed by atoms with E-state index in [0.29, 0.717) is 0 Å². The predicted octanol–water partition coefficient (Wildman–Crippen LogP) is 15.3. The summed E-state index contributed by atoms with van der Waals surface area (Å²) in [5.74, 6) is 0. The standard InChI is InChI=1S/2C30H32N2P2.Ni/c2*1-5-13-27(14-6-1)21-33-23-31(29-17-9-3-10-18-29)25-34(22-28-15-7-2-8-16-28)26-32(24-33)30-19-11-4-12-20-30;/h2*1-20H,21-26H2;/p+4. The maximum Gasteiger partial charge on any atom is 0.133 e. The van der Waals surface area contributed by atoms with E-state index in [1.54, 1.807) is 0 Å². The van der Waals surface area contributed by atoms with Gasteiger partial charge < -0.3 is 19.6 Å². The second-order valence-corrected chi connectivity index (χ2v) is 28.4. The zero-order valence-corrected chi connectivity index (χ0v) is 44.7. The first kappa shape index (κ1) is 50.6. The molecule has 8 aromatic carbocycles. The third kappa shape index (κ3) is 15.6. The topological polar surface area (TPSA) is 13.0 Å². The van der Waals surface area contributed by atoms with Crippen LogP contribution in [0.15, 0.2) is 243 Å². The number of benzene rings is 8. The van der Waals surface area contributed by atoms with Gasteiger partial charge in [0.05, 0.1) is 24.6 Å². The van der Waals surface area contributed by atoms with Crippen LogP contribution in [0.25, 0.3) is 0 Å². The van der Waals surface area contributed by atoms with Crippen LogP contribution in [0, 0.1) is 0 Å². The molecule has 10 rings (SSSR count). The van der Waals surface area contributed by atoms with Crippen LogP contribution in [0.2, 0.25) is 0 Å². The van der Waals surface area contributed by atoms with Gasteiger partial charge >= 0.3 is 0 Å². The second-order valence-electron chi connectivity index (χ2n) is 18.4. The maximum atomic E-state index is 2.73. The average Bonchev–Trinajstić information content (AvgIpc) is 3.39. The zero-order valence-electron chi connectivity index (χ0n) is 39.7. The molecule has 0 N–H and O–H groups in total. The van der Waals surface area contributed by atoms with E-state index in [4.69, 9.17) is 0 Å². The Kier molecular flexibility index (Phi) is 19.8. The molecule has 0 aromatic heterocycles. The molecule has 0 bridgehead atoms. The summed E-state index contributed by atoms with van der Waals surface area (Å²) in [6, 6.07) is 89.0. The van der Waals surface area contributed by atoms with Crippen LogP contribution in [0.1, 0.15) is 22.3 Å². The van der Waals surface area contributed by atoms with Crippen molar-refractivity contribution in [3.05, 3.63) is 265 Å². The van der Waals surface area contributed by atoms with Crippen molar-refractivity contribution < 1.29 is 16.5 Å². The number of anilines is 4. The van der Waals surface area contributed by atoms with Crippen molar-refractivity contribution >= 4 is 54.4 Å². The molecule has 0 unspecified atom stereocenters. The van der Waals surface area contributed by atoms with Gasteiger partial charge in [-0.1, -0.05) is 194 Å². The summed E-state index contributed by atoms with van der Waals surface area (Å²) < 4.78 is 0. The minimum absolute atomic E-state index is 0. The molecule has 4 nitrogen and oxygen atoms in total. The van der Waals surface area contributed by atoms with E-state index in [1.807, 2.05) is 0 Å². The molecule has 2 aliphatic rings. The zero-order chi connectivity index (χ0) is 46.0. The summed E-state index contributed by atoms with van der Waals surface area (Å²) in [7, 11) is -2.71. The van der Waals surface area contributed by atoms with Gasteiger partial charge in [-0.05, 0) is 70.8 Å². The van der Waals surface area contributed by atoms with Crippen molar-refractivity contribution in [1.29, 1.82) is 0 Å². The molecule has 0 atom stereocenters. The summed E-state index contributed by atoms with van der Waals surface area (Å²) in [6.07, 6.45) is 14.4. The SMILES string of the molecule is [Ni].c1ccc(C[PH+]2CN(c3ccccc3)C[PH+](Cc3ccccc3)CN(c3ccccc3)C2)cc1.c1ccc(C[PH+]2CN(c3ccccc3)C[PH+](Cc3ccccc3)CN(c3ccccc3)C2)cc1. The first-order valence-corrected chi connectivity index (χ1v) is 32.9. The first-order chi connectivity index (χ1) is 33.7. The average molecular weight is 1030 g/mol. The Labute approximate surface area is 427 Å². The third-order valence-electron chi connectivity index (χ3n) is 13.0. The van der Waals surface area contributed by atoms with Crippen LogP contribution in [0.4, 0.5) is 22.7 Å². The summed E-state index contributed by atoms with van der Waals surface area (Å²) in [5.41, 5.74) is 11.5. The number of nitrogens with zero attached hydrogens (tertiary/aromatic N) is 4. The van der Waals surface area contributed by atoms with E-state index in [0.717, 1.165) is 0 Å².